The lowest BCUT2D eigenvalue weighted by molar-refractivity contribution is -0.121. The van der Waals surface area contributed by atoms with Crippen LogP contribution >= 0.6 is 0 Å². The van der Waals surface area contributed by atoms with Crippen molar-refractivity contribution >= 4 is 5.91 Å². The molecule has 128 valence electrons. The number of aryl methyl sites for hydroxylation is 1. The number of amides is 1. The predicted octanol–water partition coefficient (Wildman–Crippen LogP) is 3.14. The summed E-state index contributed by atoms with van der Waals surface area (Å²) in [5.41, 5.74) is 1.23. The summed E-state index contributed by atoms with van der Waals surface area (Å²) < 4.78 is 19.1. The molecule has 2 rings (SSSR count). The maximum Gasteiger partial charge on any atom is 0.220 e. The smallest absolute Gasteiger partial charge is 0.220 e. The normalized spacial score (nSPS) is 11.8. The zero-order valence-corrected chi connectivity index (χ0v) is 13.7. The highest BCUT2D eigenvalue weighted by molar-refractivity contribution is 5.75. The number of carbonyl (C=O) groups is 1. The topological polar surface area (TPSA) is 58.6 Å². The van der Waals surface area contributed by atoms with Gasteiger partial charge >= 0.3 is 0 Å². The van der Waals surface area contributed by atoms with Crippen molar-refractivity contribution in [2.45, 2.75) is 25.9 Å². The van der Waals surface area contributed by atoms with E-state index in [1.165, 1.54) is 12.1 Å². The van der Waals surface area contributed by atoms with Gasteiger partial charge in [-0.1, -0.05) is 36.4 Å². The first-order chi connectivity index (χ1) is 11.6. The van der Waals surface area contributed by atoms with E-state index in [0.29, 0.717) is 13.0 Å². The molecule has 0 saturated heterocycles. The van der Waals surface area contributed by atoms with Gasteiger partial charge in [0.15, 0.2) is 0 Å². The molecule has 0 heterocycles. The molecular weight excluding hydrogens is 309 g/mol. The van der Waals surface area contributed by atoms with Crippen molar-refractivity contribution in [2.24, 2.45) is 0 Å². The lowest BCUT2D eigenvalue weighted by Crippen LogP contribution is -2.28. The molecule has 4 nitrogen and oxygen atoms in total. The van der Waals surface area contributed by atoms with Crippen LogP contribution in [0.1, 0.15) is 30.1 Å². The molecule has 0 fully saturated rings. The van der Waals surface area contributed by atoms with E-state index in [1.54, 1.807) is 12.1 Å². The number of hydrogen-bond acceptors (Lipinski definition) is 3. The number of para-hydroxylation sites is 1. The molecule has 1 unspecified atom stereocenters. The van der Waals surface area contributed by atoms with E-state index in [4.69, 9.17) is 4.74 Å². The second-order valence-electron chi connectivity index (χ2n) is 5.56. The second-order valence-corrected chi connectivity index (χ2v) is 5.56. The lowest BCUT2D eigenvalue weighted by atomic mass is 10.1. The zero-order valence-electron chi connectivity index (χ0n) is 13.7. The number of benzene rings is 2. The third-order valence-corrected chi connectivity index (χ3v) is 3.66. The Balaban J connectivity index is 1.67. The minimum absolute atomic E-state index is 0.0155. The standard InChI is InChI=1S/C19H22FNO3/c1-14-7-2-5-10-18(14)24-12-6-11-19(23)21-13-17(22)15-8-3-4-9-16(15)20/h2-5,7-10,17,22H,6,11-13H2,1H3,(H,21,23). The van der Waals surface area contributed by atoms with Gasteiger partial charge in [-0.05, 0) is 31.0 Å². The SMILES string of the molecule is Cc1ccccc1OCCCC(=O)NCC(O)c1ccccc1F. The van der Waals surface area contributed by atoms with Crippen LogP contribution in [0, 0.1) is 12.7 Å². The third kappa shape index (κ3) is 5.35. The Kier molecular flexibility index (Phi) is 6.75. The van der Waals surface area contributed by atoms with Gasteiger partial charge in [-0.25, -0.2) is 4.39 Å². The van der Waals surface area contributed by atoms with Crippen molar-refractivity contribution in [3.63, 3.8) is 0 Å². The number of ether oxygens (including phenoxy) is 1. The highest BCUT2D eigenvalue weighted by Gasteiger charge is 2.13. The Morgan fingerprint density at radius 1 is 1.21 bits per heavy atom. The second kappa shape index (κ2) is 9.03. The summed E-state index contributed by atoms with van der Waals surface area (Å²) in [5, 5.41) is 12.5. The first-order valence-electron chi connectivity index (χ1n) is 7.95. The summed E-state index contributed by atoms with van der Waals surface area (Å²) >= 11 is 0. The van der Waals surface area contributed by atoms with Crippen molar-refractivity contribution in [3.05, 3.63) is 65.5 Å². The number of rotatable bonds is 8. The average molecular weight is 331 g/mol. The maximum absolute atomic E-state index is 13.5. The van der Waals surface area contributed by atoms with E-state index < -0.39 is 11.9 Å². The largest absolute Gasteiger partial charge is 0.493 e. The highest BCUT2D eigenvalue weighted by atomic mass is 19.1. The molecular formula is C19H22FNO3. The van der Waals surface area contributed by atoms with Crippen LogP contribution in [0.5, 0.6) is 5.75 Å². The molecule has 2 N–H and O–H groups in total. The van der Waals surface area contributed by atoms with Crippen molar-refractivity contribution in [1.29, 1.82) is 0 Å². The van der Waals surface area contributed by atoms with Gasteiger partial charge in [0, 0.05) is 18.5 Å². The van der Waals surface area contributed by atoms with Crippen LogP contribution in [-0.4, -0.2) is 24.2 Å². The minimum Gasteiger partial charge on any atom is -0.493 e. The van der Waals surface area contributed by atoms with E-state index in [1.807, 2.05) is 31.2 Å². The number of aliphatic hydroxyl groups excluding tert-OH is 1. The van der Waals surface area contributed by atoms with Crippen LogP contribution in [0.3, 0.4) is 0 Å². The van der Waals surface area contributed by atoms with Gasteiger partial charge in [-0.15, -0.1) is 0 Å². The third-order valence-electron chi connectivity index (χ3n) is 3.66. The first-order valence-corrected chi connectivity index (χ1v) is 7.95. The monoisotopic (exact) mass is 331 g/mol. The molecule has 1 amide bonds. The van der Waals surface area contributed by atoms with Gasteiger partial charge in [-0.2, -0.15) is 0 Å². The van der Waals surface area contributed by atoms with Crippen LogP contribution in [-0.2, 0) is 4.79 Å². The van der Waals surface area contributed by atoms with Crippen LogP contribution in [0.15, 0.2) is 48.5 Å². The molecule has 0 spiro atoms. The number of carbonyl (C=O) groups excluding carboxylic acids is 1. The first kappa shape index (κ1) is 17.9. The molecule has 24 heavy (non-hydrogen) atoms. The summed E-state index contributed by atoms with van der Waals surface area (Å²) in [7, 11) is 0. The quantitative estimate of drug-likeness (QED) is 0.731. The Bertz CT molecular complexity index is 675. The van der Waals surface area contributed by atoms with E-state index >= 15 is 0 Å². The molecule has 0 radical (unpaired) electrons. The van der Waals surface area contributed by atoms with Crippen LogP contribution in [0.4, 0.5) is 4.39 Å². The van der Waals surface area contributed by atoms with E-state index in [0.717, 1.165) is 11.3 Å². The zero-order chi connectivity index (χ0) is 17.4. The maximum atomic E-state index is 13.5. The molecule has 0 aliphatic carbocycles. The molecule has 0 aliphatic heterocycles. The Labute approximate surface area is 141 Å². The summed E-state index contributed by atoms with van der Waals surface area (Å²) in [6.45, 7) is 2.39. The Morgan fingerprint density at radius 2 is 1.92 bits per heavy atom. The van der Waals surface area contributed by atoms with Crippen molar-refractivity contribution in [3.8, 4) is 5.75 Å². The Hall–Kier alpha value is -2.40. The van der Waals surface area contributed by atoms with Crippen molar-refractivity contribution in [2.75, 3.05) is 13.2 Å². The van der Waals surface area contributed by atoms with E-state index in [-0.39, 0.29) is 24.4 Å². The summed E-state index contributed by atoms with van der Waals surface area (Å²) in [6, 6.07) is 13.7. The highest BCUT2D eigenvalue weighted by Crippen LogP contribution is 2.17. The number of hydrogen-bond donors (Lipinski definition) is 2. The van der Waals surface area contributed by atoms with Gasteiger partial charge in [0.25, 0.3) is 0 Å². The van der Waals surface area contributed by atoms with E-state index in [2.05, 4.69) is 5.32 Å². The van der Waals surface area contributed by atoms with E-state index in [9.17, 15) is 14.3 Å². The van der Waals surface area contributed by atoms with Gasteiger partial charge in [0.1, 0.15) is 11.6 Å². The van der Waals surface area contributed by atoms with Gasteiger partial charge in [0.05, 0.1) is 12.7 Å². The molecule has 5 heteroatoms. The van der Waals surface area contributed by atoms with Crippen molar-refractivity contribution in [1.82, 2.24) is 5.32 Å². The van der Waals surface area contributed by atoms with Crippen LogP contribution in [0.25, 0.3) is 0 Å². The van der Waals surface area contributed by atoms with Crippen molar-refractivity contribution < 1.29 is 19.0 Å². The fourth-order valence-corrected chi connectivity index (χ4v) is 2.29. The molecule has 2 aromatic carbocycles. The van der Waals surface area contributed by atoms with Crippen LogP contribution in [0.2, 0.25) is 0 Å². The van der Waals surface area contributed by atoms with Gasteiger partial charge in [0.2, 0.25) is 5.91 Å². The summed E-state index contributed by atoms with van der Waals surface area (Å²) in [4.78, 5) is 11.8. The fourth-order valence-electron chi connectivity index (χ4n) is 2.29. The molecule has 1 atom stereocenters. The minimum atomic E-state index is -1.06. The Morgan fingerprint density at radius 3 is 2.67 bits per heavy atom. The van der Waals surface area contributed by atoms with Gasteiger partial charge in [-0.3, -0.25) is 4.79 Å². The molecule has 2 aromatic rings. The summed E-state index contributed by atoms with van der Waals surface area (Å²) in [6.07, 6.45) is -0.204. The van der Waals surface area contributed by atoms with Crippen LogP contribution < -0.4 is 10.1 Å². The number of halogens is 1. The van der Waals surface area contributed by atoms with Gasteiger partial charge < -0.3 is 15.2 Å². The summed E-state index contributed by atoms with van der Waals surface area (Å²) in [5.74, 6) is 0.137. The average Bonchev–Trinajstić information content (AvgIpc) is 2.58. The number of aliphatic hydroxyl groups is 1. The molecule has 0 saturated carbocycles. The molecule has 0 bridgehead atoms. The molecule has 0 aliphatic rings. The molecule has 0 aromatic heterocycles. The fraction of sp³-hybridized carbons (Fsp3) is 0.316. The number of nitrogens with one attached hydrogen (secondary N) is 1. The predicted molar refractivity (Wildman–Crippen MR) is 90.3 cm³/mol. The lowest BCUT2D eigenvalue weighted by Gasteiger charge is -2.13.